The van der Waals surface area contributed by atoms with Gasteiger partial charge in [-0.3, -0.25) is 0 Å². The number of benzene rings is 1. The van der Waals surface area contributed by atoms with Gasteiger partial charge in [-0.15, -0.1) is 0 Å². The van der Waals surface area contributed by atoms with Crippen molar-refractivity contribution in [3.05, 3.63) is 53.5 Å². The maximum Gasteiger partial charge on any atom is 0.338 e. The van der Waals surface area contributed by atoms with E-state index in [4.69, 9.17) is 10.4 Å². The molecule has 0 aliphatic heterocycles. The Bertz CT molecular complexity index is 678. The van der Waals surface area contributed by atoms with Crippen LogP contribution in [0, 0.1) is 17.1 Å². The third-order valence-corrected chi connectivity index (χ3v) is 2.62. The fraction of sp³-hybridized carbons (Fsp3) is 0.0714. The first-order valence-corrected chi connectivity index (χ1v) is 5.72. The van der Waals surface area contributed by atoms with Crippen LogP contribution in [0.15, 0.2) is 36.5 Å². The molecule has 0 aliphatic carbocycles. The number of nitriles is 1. The number of nitrogens with one attached hydrogen (secondary N) is 1. The van der Waals surface area contributed by atoms with Gasteiger partial charge in [0.15, 0.2) is 11.6 Å². The SMILES string of the molecule is N#CCc1ccc(Nc2nccc(C(=O)O)c2F)cc1. The van der Waals surface area contributed by atoms with Crippen molar-refractivity contribution in [1.29, 1.82) is 5.26 Å². The molecule has 5 nitrogen and oxygen atoms in total. The number of rotatable bonds is 4. The van der Waals surface area contributed by atoms with Gasteiger partial charge in [0.25, 0.3) is 0 Å². The van der Waals surface area contributed by atoms with Gasteiger partial charge in [-0.25, -0.2) is 14.2 Å². The molecule has 1 aromatic heterocycles. The van der Waals surface area contributed by atoms with Crippen LogP contribution in [0.4, 0.5) is 15.9 Å². The summed E-state index contributed by atoms with van der Waals surface area (Å²) in [5, 5.41) is 20.1. The lowest BCUT2D eigenvalue weighted by Crippen LogP contribution is -2.05. The quantitative estimate of drug-likeness (QED) is 0.892. The highest BCUT2D eigenvalue weighted by Crippen LogP contribution is 2.20. The molecule has 0 bridgehead atoms. The number of carbonyl (C=O) groups is 1. The van der Waals surface area contributed by atoms with Crippen molar-refractivity contribution >= 4 is 17.5 Å². The van der Waals surface area contributed by atoms with Gasteiger partial charge in [-0.1, -0.05) is 12.1 Å². The van der Waals surface area contributed by atoms with Gasteiger partial charge in [0, 0.05) is 11.9 Å². The Kier molecular flexibility index (Phi) is 3.91. The molecule has 100 valence electrons. The molecule has 0 unspecified atom stereocenters. The first kappa shape index (κ1) is 13.5. The third kappa shape index (κ3) is 2.90. The number of nitrogens with zero attached hydrogens (tertiary/aromatic N) is 2. The molecule has 1 aromatic carbocycles. The second-order valence-corrected chi connectivity index (χ2v) is 3.98. The average Bonchev–Trinajstić information content (AvgIpc) is 2.43. The van der Waals surface area contributed by atoms with Crippen LogP contribution in [-0.4, -0.2) is 16.1 Å². The van der Waals surface area contributed by atoms with Crippen molar-refractivity contribution in [2.45, 2.75) is 6.42 Å². The molecule has 1 heterocycles. The summed E-state index contributed by atoms with van der Waals surface area (Å²) in [5.74, 6) is -2.42. The summed E-state index contributed by atoms with van der Waals surface area (Å²) >= 11 is 0. The fourth-order valence-corrected chi connectivity index (χ4v) is 1.63. The topological polar surface area (TPSA) is 86.0 Å². The Labute approximate surface area is 114 Å². The van der Waals surface area contributed by atoms with Gasteiger partial charge < -0.3 is 10.4 Å². The predicted molar refractivity (Wildman–Crippen MR) is 70.2 cm³/mol. The monoisotopic (exact) mass is 271 g/mol. The van der Waals surface area contributed by atoms with Crippen LogP contribution in [0.2, 0.25) is 0 Å². The minimum atomic E-state index is -1.35. The number of halogens is 1. The Balaban J connectivity index is 2.24. The number of hydrogen-bond donors (Lipinski definition) is 2. The average molecular weight is 271 g/mol. The molecule has 0 radical (unpaired) electrons. The molecule has 2 N–H and O–H groups in total. The van der Waals surface area contributed by atoms with Crippen LogP contribution >= 0.6 is 0 Å². The normalized spacial score (nSPS) is 9.80. The molecule has 6 heteroatoms. The zero-order valence-electron chi connectivity index (χ0n) is 10.3. The molecule has 0 atom stereocenters. The third-order valence-electron chi connectivity index (χ3n) is 2.62. The maximum atomic E-state index is 13.9. The van der Waals surface area contributed by atoms with Crippen molar-refractivity contribution in [3.8, 4) is 6.07 Å². The lowest BCUT2D eigenvalue weighted by molar-refractivity contribution is 0.0692. The van der Waals surface area contributed by atoms with E-state index >= 15 is 0 Å². The zero-order valence-corrected chi connectivity index (χ0v) is 10.3. The van der Waals surface area contributed by atoms with Gasteiger partial charge in [-0.05, 0) is 23.8 Å². The zero-order chi connectivity index (χ0) is 14.5. The molecule has 0 spiro atoms. The van der Waals surface area contributed by atoms with E-state index in [1.54, 1.807) is 24.3 Å². The van der Waals surface area contributed by atoms with Gasteiger partial charge >= 0.3 is 5.97 Å². The largest absolute Gasteiger partial charge is 0.478 e. The molecular formula is C14H10FN3O2. The lowest BCUT2D eigenvalue weighted by Gasteiger charge is -2.08. The summed E-state index contributed by atoms with van der Waals surface area (Å²) in [6, 6.07) is 9.91. The molecule has 0 fully saturated rings. The molecule has 2 aromatic rings. The second kappa shape index (κ2) is 5.80. The number of hydrogen-bond acceptors (Lipinski definition) is 4. The van der Waals surface area contributed by atoms with E-state index in [0.29, 0.717) is 12.1 Å². The van der Waals surface area contributed by atoms with E-state index in [-0.39, 0.29) is 5.82 Å². The Hall–Kier alpha value is -2.94. The van der Waals surface area contributed by atoms with E-state index in [1.807, 2.05) is 6.07 Å². The number of carboxylic acids is 1. The number of aromatic nitrogens is 1. The molecule has 0 saturated carbocycles. The Morgan fingerprint density at radius 3 is 2.65 bits per heavy atom. The summed E-state index contributed by atoms with van der Waals surface area (Å²) < 4.78 is 13.9. The summed E-state index contributed by atoms with van der Waals surface area (Å²) in [6.07, 6.45) is 1.51. The van der Waals surface area contributed by atoms with Gasteiger partial charge in [0.05, 0.1) is 12.5 Å². The first-order chi connectivity index (χ1) is 9.61. The summed E-state index contributed by atoms with van der Waals surface area (Å²) in [5.41, 5.74) is 0.954. The molecule has 0 amide bonds. The number of aromatic carboxylic acids is 1. The second-order valence-electron chi connectivity index (χ2n) is 3.98. The molecule has 0 aliphatic rings. The highest BCUT2D eigenvalue weighted by molar-refractivity contribution is 5.89. The van der Waals surface area contributed by atoms with Gasteiger partial charge in [-0.2, -0.15) is 5.26 Å². The van der Waals surface area contributed by atoms with Crippen LogP contribution in [0.25, 0.3) is 0 Å². The highest BCUT2D eigenvalue weighted by Gasteiger charge is 2.14. The summed E-state index contributed by atoms with van der Waals surface area (Å²) in [6.45, 7) is 0. The molecule has 0 saturated heterocycles. The fourth-order valence-electron chi connectivity index (χ4n) is 1.63. The highest BCUT2D eigenvalue weighted by atomic mass is 19.1. The standard InChI is InChI=1S/C14H10FN3O2/c15-12-11(14(19)20)6-8-17-13(12)18-10-3-1-9(2-4-10)5-7-16/h1-4,6,8H,5H2,(H,17,18)(H,19,20). The predicted octanol–water partition coefficient (Wildman–Crippen LogP) is 2.73. The first-order valence-electron chi connectivity index (χ1n) is 5.72. The number of pyridine rings is 1. The smallest absolute Gasteiger partial charge is 0.338 e. The summed E-state index contributed by atoms with van der Waals surface area (Å²) in [7, 11) is 0. The van der Waals surface area contributed by atoms with Crippen molar-refractivity contribution in [2.24, 2.45) is 0 Å². The Morgan fingerprint density at radius 2 is 2.05 bits per heavy atom. The summed E-state index contributed by atoms with van der Waals surface area (Å²) in [4.78, 5) is 14.6. The van der Waals surface area contributed by atoms with Gasteiger partial charge in [0.1, 0.15) is 5.56 Å². The van der Waals surface area contributed by atoms with Crippen molar-refractivity contribution in [3.63, 3.8) is 0 Å². The van der Waals surface area contributed by atoms with Gasteiger partial charge in [0.2, 0.25) is 0 Å². The number of carboxylic acid groups (broad SMARTS) is 1. The van der Waals surface area contributed by atoms with Crippen LogP contribution in [-0.2, 0) is 6.42 Å². The van der Waals surface area contributed by atoms with Crippen molar-refractivity contribution in [1.82, 2.24) is 4.98 Å². The van der Waals surface area contributed by atoms with E-state index in [2.05, 4.69) is 10.3 Å². The van der Waals surface area contributed by atoms with Crippen molar-refractivity contribution < 1.29 is 14.3 Å². The molecule has 20 heavy (non-hydrogen) atoms. The van der Waals surface area contributed by atoms with Crippen LogP contribution in [0.1, 0.15) is 15.9 Å². The molecular weight excluding hydrogens is 261 g/mol. The van der Waals surface area contributed by atoms with Crippen LogP contribution in [0.5, 0.6) is 0 Å². The Morgan fingerprint density at radius 1 is 1.35 bits per heavy atom. The van der Waals surface area contributed by atoms with E-state index in [0.717, 1.165) is 11.6 Å². The lowest BCUT2D eigenvalue weighted by atomic mass is 10.1. The van der Waals surface area contributed by atoms with E-state index < -0.39 is 17.3 Å². The minimum absolute atomic E-state index is 0.155. The minimum Gasteiger partial charge on any atom is -0.478 e. The van der Waals surface area contributed by atoms with Crippen LogP contribution in [0.3, 0.4) is 0 Å². The molecule has 2 rings (SSSR count). The van der Waals surface area contributed by atoms with Crippen molar-refractivity contribution in [2.75, 3.05) is 5.32 Å². The maximum absolute atomic E-state index is 13.9. The van der Waals surface area contributed by atoms with E-state index in [1.165, 1.54) is 6.20 Å². The number of anilines is 2. The van der Waals surface area contributed by atoms with E-state index in [9.17, 15) is 9.18 Å². The van der Waals surface area contributed by atoms with Crippen LogP contribution < -0.4 is 5.32 Å².